The minimum atomic E-state index is 0.0664. The molecule has 34 heavy (non-hydrogen) atoms. The Morgan fingerprint density at radius 3 is 1.82 bits per heavy atom. The lowest BCUT2D eigenvalue weighted by Gasteiger charge is -2.40. The van der Waals surface area contributed by atoms with Crippen molar-refractivity contribution in [1.29, 1.82) is 0 Å². The summed E-state index contributed by atoms with van der Waals surface area (Å²) in [4.78, 5) is 17.1. The molecule has 1 rings (SSSR count). The Labute approximate surface area is 212 Å². The second-order valence-electron chi connectivity index (χ2n) is 11.2. The van der Waals surface area contributed by atoms with Crippen molar-refractivity contribution in [2.75, 3.05) is 32.7 Å². The fraction of sp³-hybridized carbons (Fsp3) is 0.710. The Morgan fingerprint density at radius 1 is 0.794 bits per heavy atom. The van der Waals surface area contributed by atoms with E-state index in [4.69, 9.17) is 0 Å². The van der Waals surface area contributed by atoms with Crippen LogP contribution in [0.2, 0.25) is 0 Å². The van der Waals surface area contributed by atoms with Crippen LogP contribution < -0.4 is 0 Å². The van der Waals surface area contributed by atoms with Crippen LogP contribution in [0.4, 0.5) is 0 Å². The number of carbonyl (C=O) groups is 1. The lowest BCUT2D eigenvalue weighted by atomic mass is 10.0. The summed E-state index contributed by atoms with van der Waals surface area (Å²) >= 11 is 0. The van der Waals surface area contributed by atoms with E-state index in [0.29, 0.717) is 11.7 Å². The zero-order valence-corrected chi connectivity index (χ0v) is 23.8. The molecular weight excluding hydrogens is 416 g/mol. The number of ketones is 1. The highest BCUT2D eigenvalue weighted by Crippen LogP contribution is 2.16. The normalized spacial score (nSPS) is 19.1. The molecule has 1 fully saturated rings. The van der Waals surface area contributed by atoms with Crippen molar-refractivity contribution >= 4 is 5.78 Å². The van der Waals surface area contributed by atoms with Crippen LogP contribution in [0, 0.1) is 5.92 Å². The highest BCUT2D eigenvalue weighted by atomic mass is 16.1. The summed E-state index contributed by atoms with van der Waals surface area (Å²) < 4.78 is 0. The van der Waals surface area contributed by atoms with E-state index in [1.807, 2.05) is 0 Å². The van der Waals surface area contributed by atoms with Crippen LogP contribution in [0.3, 0.4) is 0 Å². The van der Waals surface area contributed by atoms with E-state index in [0.717, 1.165) is 64.8 Å². The van der Waals surface area contributed by atoms with Gasteiger partial charge in [-0.05, 0) is 99.0 Å². The Balaban J connectivity index is 2.37. The molecule has 1 unspecified atom stereocenters. The van der Waals surface area contributed by atoms with E-state index < -0.39 is 0 Å². The van der Waals surface area contributed by atoms with Crippen molar-refractivity contribution < 1.29 is 4.79 Å². The maximum Gasteiger partial charge on any atom is 0.148 e. The van der Waals surface area contributed by atoms with E-state index in [-0.39, 0.29) is 6.04 Å². The Morgan fingerprint density at radius 2 is 1.32 bits per heavy atom. The molecule has 0 aromatic rings. The summed E-state index contributed by atoms with van der Waals surface area (Å²) in [6.07, 6.45) is 17.6. The standard InChI is InChI=1S/C31H54N2O/c1-25(2)12-9-13-27(5)14-10-15-28(6)16-11-17-29(7)19-20-32-22-23-33(21-18-26(3)4)31(24-32)30(8)34/h12,14,16,19,26,31H,9-11,13,15,17-18,20-24H2,1-8H3/b27-14+,28-16+,29-19+. The lowest BCUT2D eigenvalue weighted by Crippen LogP contribution is -2.56. The Hall–Kier alpha value is -1.45. The van der Waals surface area contributed by atoms with Crippen LogP contribution in [-0.2, 0) is 4.79 Å². The Bertz CT molecular complexity index is 722. The highest BCUT2D eigenvalue weighted by molar-refractivity contribution is 5.81. The van der Waals surface area contributed by atoms with Crippen molar-refractivity contribution in [2.24, 2.45) is 5.92 Å². The van der Waals surface area contributed by atoms with E-state index in [9.17, 15) is 4.79 Å². The minimum absolute atomic E-state index is 0.0664. The molecule has 3 nitrogen and oxygen atoms in total. The van der Waals surface area contributed by atoms with E-state index in [1.54, 1.807) is 6.92 Å². The first-order valence-electron chi connectivity index (χ1n) is 13.7. The quantitative estimate of drug-likeness (QED) is 0.229. The predicted molar refractivity (Wildman–Crippen MR) is 150 cm³/mol. The molecule has 3 heteroatoms. The first-order chi connectivity index (χ1) is 16.1. The van der Waals surface area contributed by atoms with Gasteiger partial charge in [0.2, 0.25) is 0 Å². The molecule has 0 spiro atoms. The molecule has 1 heterocycles. The minimum Gasteiger partial charge on any atom is -0.298 e. The van der Waals surface area contributed by atoms with Gasteiger partial charge in [0.05, 0.1) is 6.04 Å². The van der Waals surface area contributed by atoms with Gasteiger partial charge in [-0.2, -0.15) is 0 Å². The van der Waals surface area contributed by atoms with Gasteiger partial charge in [-0.25, -0.2) is 0 Å². The fourth-order valence-corrected chi connectivity index (χ4v) is 4.39. The average molecular weight is 471 g/mol. The molecule has 1 aliphatic heterocycles. The fourth-order valence-electron chi connectivity index (χ4n) is 4.39. The van der Waals surface area contributed by atoms with Crippen molar-refractivity contribution in [3.63, 3.8) is 0 Å². The van der Waals surface area contributed by atoms with Gasteiger partial charge in [-0.3, -0.25) is 14.6 Å². The highest BCUT2D eigenvalue weighted by Gasteiger charge is 2.29. The number of piperazine rings is 1. The van der Waals surface area contributed by atoms with Crippen molar-refractivity contribution in [2.45, 2.75) is 106 Å². The maximum atomic E-state index is 12.2. The van der Waals surface area contributed by atoms with Gasteiger partial charge in [0.15, 0.2) is 0 Å². The number of rotatable bonds is 15. The third-order valence-electron chi connectivity index (χ3n) is 6.89. The smallest absolute Gasteiger partial charge is 0.148 e. The first-order valence-corrected chi connectivity index (χ1v) is 13.7. The van der Waals surface area contributed by atoms with Gasteiger partial charge in [-0.1, -0.05) is 60.4 Å². The number of allylic oxidation sites excluding steroid dienone is 7. The molecular formula is C31H54N2O. The van der Waals surface area contributed by atoms with Gasteiger partial charge in [0, 0.05) is 26.2 Å². The third kappa shape index (κ3) is 14.1. The van der Waals surface area contributed by atoms with Crippen molar-refractivity contribution in [3.05, 3.63) is 46.6 Å². The van der Waals surface area contributed by atoms with Gasteiger partial charge in [0.1, 0.15) is 5.78 Å². The number of hydrogen-bond acceptors (Lipinski definition) is 3. The van der Waals surface area contributed by atoms with Crippen LogP contribution in [0.1, 0.15) is 100 Å². The molecule has 0 bridgehead atoms. The van der Waals surface area contributed by atoms with Gasteiger partial charge < -0.3 is 0 Å². The van der Waals surface area contributed by atoms with E-state index in [1.165, 1.54) is 35.1 Å². The molecule has 194 valence electrons. The molecule has 0 aromatic carbocycles. The molecule has 1 aliphatic rings. The number of nitrogens with zero attached hydrogens (tertiary/aromatic N) is 2. The number of hydrogen-bond donors (Lipinski definition) is 0. The van der Waals surface area contributed by atoms with Gasteiger partial charge in [-0.15, -0.1) is 0 Å². The van der Waals surface area contributed by atoms with Crippen LogP contribution in [-0.4, -0.2) is 54.3 Å². The summed E-state index contributed by atoms with van der Waals surface area (Å²) in [5.41, 5.74) is 5.89. The molecule has 1 atom stereocenters. The second kappa shape index (κ2) is 17.1. The summed E-state index contributed by atoms with van der Waals surface area (Å²) in [7, 11) is 0. The zero-order chi connectivity index (χ0) is 25.5. The molecule has 0 aromatic heterocycles. The maximum absolute atomic E-state index is 12.2. The van der Waals surface area contributed by atoms with Crippen LogP contribution >= 0.6 is 0 Å². The molecule has 0 amide bonds. The molecule has 0 saturated carbocycles. The van der Waals surface area contributed by atoms with Crippen molar-refractivity contribution in [1.82, 2.24) is 9.80 Å². The van der Waals surface area contributed by atoms with Crippen LogP contribution in [0.15, 0.2) is 46.6 Å². The van der Waals surface area contributed by atoms with Gasteiger partial charge >= 0.3 is 0 Å². The largest absolute Gasteiger partial charge is 0.298 e. The van der Waals surface area contributed by atoms with Crippen LogP contribution in [0.25, 0.3) is 0 Å². The molecule has 0 aliphatic carbocycles. The summed E-state index contributed by atoms with van der Waals surface area (Å²) in [5, 5.41) is 0. The summed E-state index contributed by atoms with van der Waals surface area (Å²) in [6.45, 7) is 22.4. The summed E-state index contributed by atoms with van der Waals surface area (Å²) in [6, 6.07) is 0.0664. The monoisotopic (exact) mass is 470 g/mol. The van der Waals surface area contributed by atoms with Crippen LogP contribution in [0.5, 0.6) is 0 Å². The lowest BCUT2D eigenvalue weighted by molar-refractivity contribution is -0.124. The van der Waals surface area contributed by atoms with E-state index >= 15 is 0 Å². The Kier molecular flexibility index (Phi) is 15.3. The zero-order valence-electron chi connectivity index (χ0n) is 23.8. The first kappa shape index (κ1) is 30.6. The SMILES string of the molecule is CC(=O)C1CN(C/C=C(\C)CC/C=C(\C)CC/C=C(\C)CCC=C(C)C)CCN1CCC(C)C. The third-order valence-corrected chi connectivity index (χ3v) is 6.89. The second-order valence-corrected chi connectivity index (χ2v) is 11.2. The average Bonchev–Trinajstić information content (AvgIpc) is 2.76. The molecule has 0 radical (unpaired) electrons. The molecule has 1 saturated heterocycles. The van der Waals surface area contributed by atoms with Gasteiger partial charge in [0.25, 0.3) is 0 Å². The molecule has 0 N–H and O–H groups in total. The van der Waals surface area contributed by atoms with E-state index in [2.05, 4.69) is 82.6 Å². The number of Topliss-reactive ketones (excluding diaryl/α,β-unsaturated/α-hetero) is 1. The number of carbonyl (C=O) groups excluding carboxylic acids is 1. The van der Waals surface area contributed by atoms with Crippen molar-refractivity contribution in [3.8, 4) is 0 Å². The summed E-state index contributed by atoms with van der Waals surface area (Å²) in [5.74, 6) is 1.000. The topological polar surface area (TPSA) is 23.6 Å². The predicted octanol–water partition coefficient (Wildman–Crippen LogP) is 7.75.